The fraction of sp³-hybridized carbons (Fsp3) is 0.250. The van der Waals surface area contributed by atoms with Crippen LogP contribution in [0.4, 0.5) is 0 Å². The van der Waals surface area contributed by atoms with Crippen LogP contribution in [0.1, 0.15) is 34.7 Å². The van der Waals surface area contributed by atoms with E-state index in [1.54, 1.807) is 54.6 Å². The van der Waals surface area contributed by atoms with E-state index in [1.165, 1.54) is 6.08 Å². The molecule has 7 nitrogen and oxygen atoms in total. The number of hydrogen-bond acceptors (Lipinski definition) is 6. The van der Waals surface area contributed by atoms with E-state index in [-0.39, 0.29) is 50.0 Å². The highest BCUT2D eigenvalue weighted by atomic mass is 35.5. The van der Waals surface area contributed by atoms with Gasteiger partial charge in [-0.2, -0.15) is 0 Å². The summed E-state index contributed by atoms with van der Waals surface area (Å²) in [6.07, 6.45) is 1.90. The lowest BCUT2D eigenvalue weighted by molar-refractivity contribution is -0.483. The molecule has 13 heteroatoms. The average molecular weight is 682 g/mol. The summed E-state index contributed by atoms with van der Waals surface area (Å²) in [7, 11) is 0. The predicted octanol–water partition coefficient (Wildman–Crippen LogP) is 9.48. The standard InChI is InChI=1S/C28H23Cl6NO6/c29-22-4-1-3-21(27(22)34)18(16-35(37)38)13-25(36)17-5-7-19(8-6-17)39-10-2-11-41-28-23(30)14-20(15-24(28)31)40-12-9-26(32)33/h1,3-9,14-15,18H,2,10-13,16H2. The van der Waals surface area contributed by atoms with E-state index in [0.717, 1.165) is 0 Å². The summed E-state index contributed by atoms with van der Waals surface area (Å²) < 4.78 is 17.0. The van der Waals surface area contributed by atoms with E-state index < -0.39 is 17.4 Å². The number of hydrogen-bond donors (Lipinski definition) is 0. The minimum absolute atomic E-state index is 0.0906. The summed E-state index contributed by atoms with van der Waals surface area (Å²) in [5, 5.41) is 12.3. The number of carbonyl (C=O) groups is 1. The number of benzene rings is 3. The van der Waals surface area contributed by atoms with E-state index >= 15 is 0 Å². The van der Waals surface area contributed by atoms with Gasteiger partial charge in [0.2, 0.25) is 6.54 Å². The summed E-state index contributed by atoms with van der Waals surface area (Å²) in [6.45, 7) is 0.310. The molecule has 3 aromatic rings. The van der Waals surface area contributed by atoms with Crippen molar-refractivity contribution in [3.05, 3.63) is 106 Å². The van der Waals surface area contributed by atoms with E-state index in [9.17, 15) is 14.9 Å². The number of ketones is 1. The molecule has 0 aliphatic rings. The lowest BCUT2D eigenvalue weighted by atomic mass is 9.91. The molecule has 3 aromatic carbocycles. The Morgan fingerprint density at radius 2 is 1.54 bits per heavy atom. The lowest BCUT2D eigenvalue weighted by Gasteiger charge is -2.15. The summed E-state index contributed by atoms with van der Waals surface area (Å²) in [6, 6.07) is 14.5. The summed E-state index contributed by atoms with van der Waals surface area (Å²) in [5.41, 5.74) is 0.856. The molecule has 41 heavy (non-hydrogen) atoms. The van der Waals surface area contributed by atoms with Gasteiger partial charge in [0.25, 0.3) is 0 Å². The summed E-state index contributed by atoms with van der Waals surface area (Å²) in [4.78, 5) is 23.7. The molecule has 0 amide bonds. The highest BCUT2D eigenvalue weighted by Gasteiger charge is 2.25. The number of nitro groups is 1. The smallest absolute Gasteiger partial charge is 0.211 e. The van der Waals surface area contributed by atoms with Crippen molar-refractivity contribution in [1.29, 1.82) is 0 Å². The maximum absolute atomic E-state index is 12.9. The van der Waals surface area contributed by atoms with Crippen LogP contribution in [0.5, 0.6) is 17.2 Å². The van der Waals surface area contributed by atoms with Crippen LogP contribution in [0.3, 0.4) is 0 Å². The van der Waals surface area contributed by atoms with Gasteiger partial charge < -0.3 is 14.2 Å². The second kappa shape index (κ2) is 16.3. The Bertz CT molecular complexity index is 1370. The molecular weight excluding hydrogens is 659 g/mol. The van der Waals surface area contributed by atoms with Crippen molar-refractivity contribution in [2.45, 2.75) is 18.8 Å². The van der Waals surface area contributed by atoms with Crippen molar-refractivity contribution in [2.24, 2.45) is 0 Å². The first-order valence-corrected chi connectivity index (χ1v) is 14.4. The fourth-order valence-electron chi connectivity index (χ4n) is 3.75. The Morgan fingerprint density at radius 1 is 0.878 bits per heavy atom. The molecule has 3 rings (SSSR count). The molecule has 0 spiro atoms. The van der Waals surface area contributed by atoms with Crippen molar-refractivity contribution < 1.29 is 23.9 Å². The van der Waals surface area contributed by atoms with Gasteiger partial charge in [-0.15, -0.1) is 0 Å². The van der Waals surface area contributed by atoms with Crippen LogP contribution in [0.2, 0.25) is 20.1 Å². The Balaban J connectivity index is 1.49. The van der Waals surface area contributed by atoms with Crippen LogP contribution in [0.15, 0.2) is 65.2 Å². The summed E-state index contributed by atoms with van der Waals surface area (Å²) >= 11 is 36.0. The van der Waals surface area contributed by atoms with E-state index in [0.29, 0.717) is 41.4 Å². The Kier molecular flexibility index (Phi) is 13.2. The maximum Gasteiger partial charge on any atom is 0.211 e. The highest BCUT2D eigenvalue weighted by molar-refractivity contribution is 6.55. The first kappa shape index (κ1) is 33.1. The van der Waals surface area contributed by atoms with E-state index in [1.807, 2.05) is 0 Å². The Morgan fingerprint density at radius 3 is 2.17 bits per heavy atom. The predicted molar refractivity (Wildman–Crippen MR) is 164 cm³/mol. The van der Waals surface area contributed by atoms with Gasteiger partial charge in [-0.25, -0.2) is 0 Å². The Labute approximate surface area is 266 Å². The summed E-state index contributed by atoms with van der Waals surface area (Å²) in [5.74, 6) is 0.314. The number of Topliss-reactive ketones (excluding diaryl/α,β-unsaturated/α-hetero) is 1. The molecule has 1 atom stereocenters. The van der Waals surface area contributed by atoms with Gasteiger partial charge in [-0.05, 0) is 42.0 Å². The van der Waals surface area contributed by atoms with Gasteiger partial charge in [0.1, 0.15) is 22.6 Å². The lowest BCUT2D eigenvalue weighted by Crippen LogP contribution is -2.17. The number of carbonyl (C=O) groups excluding carboxylic acids is 1. The number of rotatable bonds is 15. The largest absolute Gasteiger partial charge is 0.493 e. The van der Waals surface area contributed by atoms with Crippen molar-refractivity contribution in [3.8, 4) is 17.2 Å². The van der Waals surface area contributed by atoms with Crippen LogP contribution in [-0.4, -0.2) is 37.1 Å². The van der Waals surface area contributed by atoms with E-state index in [2.05, 4.69) is 0 Å². The third kappa shape index (κ3) is 10.4. The van der Waals surface area contributed by atoms with Gasteiger partial charge in [-0.1, -0.05) is 81.7 Å². The third-order valence-electron chi connectivity index (χ3n) is 5.66. The highest BCUT2D eigenvalue weighted by Crippen LogP contribution is 2.37. The van der Waals surface area contributed by atoms with Crippen molar-refractivity contribution in [1.82, 2.24) is 0 Å². The van der Waals surface area contributed by atoms with Gasteiger partial charge in [0.05, 0.1) is 39.2 Å². The molecule has 0 aliphatic heterocycles. The van der Waals surface area contributed by atoms with Crippen molar-refractivity contribution >= 4 is 75.4 Å². The molecule has 0 saturated carbocycles. The first-order valence-electron chi connectivity index (χ1n) is 12.1. The zero-order valence-corrected chi connectivity index (χ0v) is 25.8. The molecule has 0 aliphatic carbocycles. The van der Waals surface area contributed by atoms with Crippen LogP contribution in [0.25, 0.3) is 0 Å². The van der Waals surface area contributed by atoms with Gasteiger partial charge in [-0.3, -0.25) is 14.9 Å². The van der Waals surface area contributed by atoms with Gasteiger partial charge >= 0.3 is 0 Å². The maximum atomic E-state index is 12.9. The van der Waals surface area contributed by atoms with E-state index in [4.69, 9.17) is 83.8 Å². The molecule has 0 N–H and O–H groups in total. The van der Waals surface area contributed by atoms with Crippen molar-refractivity contribution in [2.75, 3.05) is 26.4 Å². The molecule has 1 unspecified atom stereocenters. The number of nitrogens with zero attached hydrogens (tertiary/aromatic N) is 1. The molecule has 218 valence electrons. The molecule has 0 fully saturated rings. The molecular formula is C28H23Cl6NO6. The monoisotopic (exact) mass is 679 g/mol. The quantitative estimate of drug-likeness (QED) is 0.0687. The topological polar surface area (TPSA) is 87.9 Å². The average Bonchev–Trinajstić information content (AvgIpc) is 2.91. The van der Waals surface area contributed by atoms with Crippen LogP contribution >= 0.6 is 69.6 Å². The van der Waals surface area contributed by atoms with Crippen LogP contribution in [0, 0.1) is 10.1 Å². The first-order chi connectivity index (χ1) is 19.5. The van der Waals surface area contributed by atoms with Crippen LogP contribution < -0.4 is 14.2 Å². The molecule has 0 bridgehead atoms. The normalized spacial score (nSPS) is 11.5. The van der Waals surface area contributed by atoms with Gasteiger partial charge in [0, 0.05) is 35.5 Å². The van der Waals surface area contributed by atoms with Crippen molar-refractivity contribution in [3.63, 3.8) is 0 Å². The SMILES string of the molecule is O=C(CC(C[N+](=O)[O-])c1cccc(Cl)c1Cl)c1ccc(OCCCOc2c(Cl)cc(OCC=C(Cl)Cl)cc2Cl)cc1. The number of ether oxygens (including phenoxy) is 3. The second-order valence-corrected chi connectivity index (χ2v) is 11.2. The zero-order valence-electron chi connectivity index (χ0n) is 21.3. The fourth-order valence-corrected chi connectivity index (χ4v) is 4.91. The number of halogens is 6. The van der Waals surface area contributed by atoms with Gasteiger partial charge in [0.15, 0.2) is 11.5 Å². The molecule has 0 radical (unpaired) electrons. The zero-order chi connectivity index (χ0) is 29.9. The minimum Gasteiger partial charge on any atom is -0.493 e. The second-order valence-electron chi connectivity index (χ2n) is 8.58. The van der Waals surface area contributed by atoms with Crippen LogP contribution in [-0.2, 0) is 0 Å². The third-order valence-corrected chi connectivity index (χ3v) is 7.37. The molecule has 0 saturated heterocycles. The molecule has 0 heterocycles. The molecule has 0 aromatic heterocycles. The minimum atomic E-state index is -0.725. The Hall–Kier alpha value is -2.39.